The molecule has 0 spiro atoms. The number of aromatic nitrogens is 8. The Morgan fingerprint density at radius 3 is 0.942 bits per heavy atom. The number of carbonyl (C=O) groups is 1. The Morgan fingerprint density at radius 1 is 0.324 bits per heavy atom. The van der Waals surface area contributed by atoms with Gasteiger partial charge in [0.15, 0.2) is 0 Å². The number of nitrogens with zero attached hydrogens (tertiary/aromatic N) is 13. The number of hydrogen-bond acceptors (Lipinski definition) is 28. The van der Waals surface area contributed by atoms with Crippen LogP contribution < -0.4 is 46.6 Å². The number of rotatable bonds is 32. The van der Waals surface area contributed by atoms with E-state index in [4.69, 9.17) is 45.6 Å². The van der Waals surface area contributed by atoms with E-state index < -0.39 is 0 Å². The first kappa shape index (κ1) is 97.6. The first-order chi connectivity index (χ1) is 68.3. The van der Waals surface area contributed by atoms with Crippen molar-refractivity contribution in [2.24, 2.45) is 11.7 Å². The number of piperidine rings is 1. The van der Waals surface area contributed by atoms with Crippen LogP contribution in [-0.4, -0.2) is 166 Å². The molecule has 139 heavy (non-hydrogen) atoms. The molecule has 0 bridgehead atoms. The fraction of sp³-hybridized carbons (Fsp3) is 0.264. The Balaban J connectivity index is 0.000000128. The molecule has 29 heteroatoms. The highest BCUT2D eigenvalue weighted by Gasteiger charge is 2.34. The number of anilines is 8. The summed E-state index contributed by atoms with van der Waals surface area (Å²) >= 11 is 6.62. The van der Waals surface area contributed by atoms with Crippen molar-refractivity contribution in [2.45, 2.75) is 155 Å². The third-order valence-electron chi connectivity index (χ3n) is 25.4. The second-order valence-corrected chi connectivity index (χ2v) is 39.1. The largest absolute Gasteiger partial charge is 0.396 e. The van der Waals surface area contributed by atoms with Crippen LogP contribution in [0.5, 0.6) is 0 Å². The highest BCUT2D eigenvalue weighted by molar-refractivity contribution is 8.00. The topological polar surface area (TPSA) is 332 Å². The molecule has 4 aliphatic rings. The van der Waals surface area contributed by atoms with Gasteiger partial charge >= 0.3 is 0 Å². The first-order valence-corrected chi connectivity index (χ1v) is 50.6. The molecular formula is C110H116N18O7S4. The van der Waals surface area contributed by atoms with E-state index in [1.165, 1.54) is 0 Å². The summed E-state index contributed by atoms with van der Waals surface area (Å²) in [6, 6.07) is 97.3. The fourth-order valence-electron chi connectivity index (χ4n) is 18.0. The Kier molecular flexibility index (Phi) is 33.7. The Morgan fingerprint density at radius 2 is 0.612 bits per heavy atom. The molecule has 712 valence electrons. The molecule has 1 amide bonds. The van der Waals surface area contributed by atoms with Gasteiger partial charge in [0.25, 0.3) is 0 Å². The Bertz CT molecular complexity index is 6870. The van der Waals surface area contributed by atoms with Crippen molar-refractivity contribution in [3.05, 3.63) is 336 Å². The van der Waals surface area contributed by atoms with Crippen molar-refractivity contribution in [3.8, 4) is 0 Å². The minimum Gasteiger partial charge on any atom is -0.396 e. The van der Waals surface area contributed by atoms with Crippen LogP contribution in [0.2, 0.25) is 0 Å². The van der Waals surface area contributed by atoms with Crippen molar-refractivity contribution < 1.29 is 35.4 Å². The minimum absolute atomic E-state index is 0.0000929. The molecule has 4 aliphatic heterocycles. The standard InChI is InChI=1S/C28H31N5OS.C28H30N4O2S.C27H27N5O2S.C27H28N4O2S/c1-32(2)22-15-16-33(18-22)27-23-11-5-6-12-24(23)30-28(31-27)29-17-20-9-3-7-13-25(20)35-26-14-8-4-10-21(26)19-34;33-18-20-8-7-15-32(17-20)27-23-11-3-4-12-24(23)30-28(31-27)29-16-21-9-1-5-13-25(21)35-26-14-6-2-10-22(26)19-34;28-25(34)22-12-7-15-32(22)26-20-10-3-4-11-21(20)30-27(31-26)29-16-18-8-1-5-13-23(18)35-24-14-6-2-9-19(24)17-33;32-17-20-9-2-6-14-25(20)34-24-13-5-1-8-19(24)16-28-27-29-23-12-4-3-11-22(23)26(30-27)31-15-7-10-21(31)18-33/h3-14,22,34H,15-19H2,1-2H3,(H,29,30,31);1-6,9-14,20,33-34H,7-8,15-19H2,(H,29,30,31);1-6,8-11,13-14,22,33H,7,12,15-17H2,(H2,28,34)(H,29,30,31);1-6,8-9,11-14,21,32-33H,7,10,15-18H2,(H,28,29,30)/t22-;;22-;21-/m1.00/s1. The van der Waals surface area contributed by atoms with Crippen molar-refractivity contribution >= 4 is 144 Å². The van der Waals surface area contributed by atoms with Crippen LogP contribution in [0.1, 0.15) is 89.5 Å². The van der Waals surface area contributed by atoms with Gasteiger partial charge in [0.2, 0.25) is 29.7 Å². The number of nitrogens with two attached hydrogens (primary N) is 1. The summed E-state index contributed by atoms with van der Waals surface area (Å²) in [5, 5.41) is 76.2. The Hall–Kier alpha value is -13.0. The van der Waals surface area contributed by atoms with Crippen molar-refractivity contribution in [3.63, 3.8) is 0 Å². The number of likely N-dealkylation sites (N-methyl/N-ethyl adjacent to an activating group) is 1. The van der Waals surface area contributed by atoms with Gasteiger partial charge in [-0.1, -0.05) is 241 Å². The van der Waals surface area contributed by atoms with Gasteiger partial charge in [-0.3, -0.25) is 4.79 Å². The smallest absolute Gasteiger partial charge is 0.240 e. The predicted molar refractivity (Wildman–Crippen MR) is 563 cm³/mol. The van der Waals surface area contributed by atoms with Crippen LogP contribution in [0.4, 0.5) is 47.1 Å². The summed E-state index contributed by atoms with van der Waals surface area (Å²) in [7, 11) is 4.29. The van der Waals surface area contributed by atoms with Crippen LogP contribution >= 0.6 is 47.0 Å². The van der Waals surface area contributed by atoms with E-state index in [-0.39, 0.29) is 63.6 Å². The third-order valence-corrected chi connectivity index (χ3v) is 30.4. The minimum atomic E-state index is -0.357. The van der Waals surface area contributed by atoms with E-state index in [9.17, 15) is 35.4 Å². The number of para-hydroxylation sites is 4. The molecule has 12 aromatic carbocycles. The van der Waals surface area contributed by atoms with Crippen LogP contribution in [-0.2, 0) is 57.4 Å². The molecule has 4 saturated heterocycles. The Labute approximate surface area is 827 Å². The molecule has 4 fully saturated rings. The zero-order chi connectivity index (χ0) is 95.8. The van der Waals surface area contributed by atoms with E-state index in [1.807, 2.05) is 211 Å². The number of hydrogen-bond donors (Lipinski definition) is 11. The number of primary amides is 1. The molecule has 4 atom stereocenters. The maximum atomic E-state index is 12.1. The first-order valence-electron chi connectivity index (χ1n) is 47.3. The van der Waals surface area contributed by atoms with Crippen LogP contribution in [0.3, 0.4) is 0 Å². The monoisotopic (exact) mass is 1930 g/mol. The van der Waals surface area contributed by atoms with Gasteiger partial charge in [-0.15, -0.1) is 0 Å². The van der Waals surface area contributed by atoms with Crippen LogP contribution in [0, 0.1) is 5.92 Å². The molecular weight excluding hydrogens is 1810 g/mol. The molecule has 8 heterocycles. The van der Waals surface area contributed by atoms with E-state index in [1.54, 1.807) is 47.0 Å². The van der Waals surface area contributed by atoms with Crippen molar-refractivity contribution in [1.82, 2.24) is 44.8 Å². The molecule has 4 aromatic heterocycles. The highest BCUT2D eigenvalue weighted by atomic mass is 32.2. The van der Waals surface area contributed by atoms with E-state index >= 15 is 0 Å². The molecule has 12 N–H and O–H groups in total. The summed E-state index contributed by atoms with van der Waals surface area (Å²) in [5.74, 6) is 5.81. The summed E-state index contributed by atoms with van der Waals surface area (Å²) in [6.45, 7) is 8.02. The molecule has 0 radical (unpaired) electrons. The zero-order valence-electron chi connectivity index (χ0n) is 77.9. The quantitative estimate of drug-likeness (QED) is 0.0187. The van der Waals surface area contributed by atoms with Crippen LogP contribution in [0.15, 0.2) is 330 Å². The average Bonchev–Trinajstić information content (AvgIpc) is 1.76. The lowest BCUT2D eigenvalue weighted by Gasteiger charge is -2.33. The molecule has 0 aliphatic carbocycles. The normalized spacial score (nSPS) is 15.7. The summed E-state index contributed by atoms with van der Waals surface area (Å²) in [6.07, 6.45) is 6.88. The van der Waals surface area contributed by atoms with Gasteiger partial charge in [-0.25, -0.2) is 19.9 Å². The molecule has 0 saturated carbocycles. The molecule has 16 aromatic rings. The SMILES string of the molecule is CN(C)[C@@H]1CCN(c2nc(NCc3ccccc3Sc3ccccc3CO)nc3ccccc23)C1.NC(=O)[C@@H]1CCCN1c1nc(NCc2ccccc2Sc2ccccc2CO)nc2ccccc12.OCc1ccccc1Sc1ccccc1CNc1nc(N2CCCC(CO)C2)c2ccccc2n1.OCc1ccccc1Sc1ccccc1CNc1nc(N2CCC[C@H]2CO)c2ccccc2n1. The average molecular weight is 1930 g/mol. The lowest BCUT2D eigenvalue weighted by Crippen LogP contribution is -2.41. The van der Waals surface area contributed by atoms with Crippen LogP contribution in [0.25, 0.3) is 43.6 Å². The zero-order valence-corrected chi connectivity index (χ0v) is 81.2. The summed E-state index contributed by atoms with van der Waals surface area (Å²) in [4.78, 5) is 70.6. The number of amides is 1. The lowest BCUT2D eigenvalue weighted by atomic mass is 9.99. The second-order valence-electron chi connectivity index (χ2n) is 34.8. The van der Waals surface area contributed by atoms with E-state index in [0.29, 0.717) is 56.0 Å². The van der Waals surface area contributed by atoms with Gasteiger partial charge in [0, 0.05) is 139 Å². The van der Waals surface area contributed by atoms with Gasteiger partial charge in [-0.2, -0.15) is 19.9 Å². The fourth-order valence-corrected chi connectivity index (χ4v) is 22.2. The summed E-state index contributed by atoms with van der Waals surface area (Å²) in [5.41, 5.74) is 17.5. The number of nitrogens with one attached hydrogen (secondary N) is 4. The van der Waals surface area contributed by atoms with Gasteiger partial charge in [0.1, 0.15) is 29.3 Å². The maximum Gasteiger partial charge on any atom is 0.240 e. The van der Waals surface area contributed by atoms with E-state index in [0.717, 1.165) is 235 Å². The number of benzene rings is 12. The van der Waals surface area contributed by atoms with Crippen molar-refractivity contribution in [2.75, 3.05) is 107 Å². The third kappa shape index (κ3) is 24.5. The summed E-state index contributed by atoms with van der Waals surface area (Å²) < 4.78 is 0. The second kappa shape index (κ2) is 48.0. The van der Waals surface area contributed by atoms with Gasteiger partial charge in [-0.05, 0) is 207 Å². The molecule has 25 nitrogen and oxygen atoms in total. The maximum absolute atomic E-state index is 12.1. The number of aliphatic hydroxyl groups excluding tert-OH is 6. The van der Waals surface area contributed by atoms with E-state index in [2.05, 4.69) is 140 Å². The number of carbonyl (C=O) groups excluding carboxylic acids is 1. The highest BCUT2D eigenvalue weighted by Crippen LogP contribution is 2.42. The predicted octanol–water partition coefficient (Wildman–Crippen LogP) is 19.3. The molecule has 20 rings (SSSR count). The molecule has 1 unspecified atom stereocenters. The van der Waals surface area contributed by atoms with Crippen molar-refractivity contribution in [1.29, 1.82) is 0 Å². The number of aliphatic hydroxyl groups is 6. The lowest BCUT2D eigenvalue weighted by molar-refractivity contribution is -0.119. The van der Waals surface area contributed by atoms with Gasteiger partial charge in [0.05, 0.1) is 61.1 Å². The van der Waals surface area contributed by atoms with Gasteiger partial charge < -0.3 is 82.1 Å². The number of fused-ring (bicyclic) bond motifs is 4.